The second kappa shape index (κ2) is 4.69. The van der Waals surface area contributed by atoms with Gasteiger partial charge in [0, 0.05) is 0 Å². The van der Waals surface area contributed by atoms with E-state index in [0.717, 1.165) is 5.69 Å². The Hall–Kier alpha value is -2.30. The fraction of sp³-hybridized carbons (Fsp3) is 0.167. The molecule has 2 rings (SSSR count). The summed E-state index contributed by atoms with van der Waals surface area (Å²) in [5, 5.41) is 4.25. The Kier molecular flexibility index (Phi) is 3.09. The van der Waals surface area contributed by atoms with Crippen LogP contribution in [0.3, 0.4) is 0 Å². The van der Waals surface area contributed by atoms with Gasteiger partial charge >= 0.3 is 6.16 Å². The molecule has 1 aromatic carbocycles. The summed E-state index contributed by atoms with van der Waals surface area (Å²) in [6.45, 7) is 1.76. The number of para-hydroxylation sites is 1. The highest BCUT2D eigenvalue weighted by atomic mass is 16.7. The van der Waals surface area contributed by atoms with Crippen LogP contribution in [-0.4, -0.2) is 23.0 Å². The molecule has 17 heavy (non-hydrogen) atoms. The van der Waals surface area contributed by atoms with E-state index >= 15 is 0 Å². The molecular weight excluding hydrogens is 220 g/mol. The fourth-order valence-electron chi connectivity index (χ4n) is 1.39. The molecule has 0 N–H and O–H groups in total. The Morgan fingerprint density at radius 1 is 1.29 bits per heavy atom. The average molecular weight is 232 g/mol. The molecule has 5 nitrogen and oxygen atoms in total. The number of hydrogen-bond acceptors (Lipinski definition) is 4. The van der Waals surface area contributed by atoms with Crippen LogP contribution in [-0.2, 0) is 4.74 Å². The molecule has 5 heteroatoms. The molecule has 0 radical (unpaired) electrons. The van der Waals surface area contributed by atoms with Gasteiger partial charge in [0.15, 0.2) is 5.75 Å². The molecule has 0 fully saturated rings. The summed E-state index contributed by atoms with van der Waals surface area (Å²) in [6.07, 6.45) is 0.891. The Bertz CT molecular complexity index is 520. The molecule has 0 saturated heterocycles. The van der Waals surface area contributed by atoms with Crippen LogP contribution in [0.15, 0.2) is 36.5 Å². The zero-order valence-electron chi connectivity index (χ0n) is 9.58. The maximum absolute atomic E-state index is 11.0. The van der Waals surface area contributed by atoms with Crippen molar-refractivity contribution in [2.24, 2.45) is 0 Å². The summed E-state index contributed by atoms with van der Waals surface area (Å²) < 4.78 is 11.0. The first kappa shape index (κ1) is 11.2. The Labute approximate surface area is 98.6 Å². The lowest BCUT2D eigenvalue weighted by Crippen LogP contribution is -2.07. The third-order valence-corrected chi connectivity index (χ3v) is 2.23. The molecule has 0 atom stereocenters. The summed E-state index contributed by atoms with van der Waals surface area (Å²) in [5.41, 5.74) is 1.52. The van der Waals surface area contributed by atoms with Crippen molar-refractivity contribution >= 4 is 6.16 Å². The van der Waals surface area contributed by atoms with E-state index in [0.29, 0.717) is 11.4 Å². The number of carbonyl (C=O) groups is 1. The van der Waals surface area contributed by atoms with E-state index in [-0.39, 0.29) is 0 Å². The lowest BCUT2D eigenvalue weighted by Gasteiger charge is -1.99. The van der Waals surface area contributed by atoms with Crippen molar-refractivity contribution in [1.82, 2.24) is 9.78 Å². The van der Waals surface area contributed by atoms with E-state index < -0.39 is 6.16 Å². The molecule has 1 aromatic heterocycles. The number of hydrogen-bond donors (Lipinski definition) is 0. The van der Waals surface area contributed by atoms with E-state index in [1.165, 1.54) is 7.11 Å². The first-order chi connectivity index (χ1) is 8.20. The number of ether oxygens (including phenoxy) is 2. The third kappa shape index (κ3) is 2.44. The number of aromatic nitrogens is 2. The highest BCUT2D eigenvalue weighted by molar-refractivity contribution is 5.63. The van der Waals surface area contributed by atoms with Crippen LogP contribution in [0, 0.1) is 6.92 Å². The van der Waals surface area contributed by atoms with Crippen LogP contribution in [0.2, 0.25) is 0 Å². The standard InChI is InChI=1S/C12H12N2O3/c1-9-11(17-12(15)16-2)8-14(13-9)10-6-4-3-5-7-10/h3-8H,1-2H3. The van der Waals surface area contributed by atoms with Crippen molar-refractivity contribution in [1.29, 1.82) is 0 Å². The van der Waals surface area contributed by atoms with Crippen LogP contribution in [0.1, 0.15) is 5.69 Å². The fourth-order valence-corrected chi connectivity index (χ4v) is 1.39. The Balaban J connectivity index is 2.28. The first-order valence-corrected chi connectivity index (χ1v) is 5.08. The number of rotatable bonds is 2. The van der Waals surface area contributed by atoms with Crippen LogP contribution in [0.4, 0.5) is 4.79 Å². The second-order valence-corrected chi connectivity index (χ2v) is 3.42. The van der Waals surface area contributed by atoms with Crippen LogP contribution in [0.5, 0.6) is 5.75 Å². The van der Waals surface area contributed by atoms with E-state index in [4.69, 9.17) is 4.74 Å². The van der Waals surface area contributed by atoms with Crippen molar-refractivity contribution in [2.75, 3.05) is 7.11 Å². The molecule has 0 aliphatic heterocycles. The molecule has 0 amide bonds. The van der Waals surface area contributed by atoms with Gasteiger partial charge in [0.25, 0.3) is 0 Å². The minimum absolute atomic E-state index is 0.390. The maximum atomic E-state index is 11.0. The number of carbonyl (C=O) groups excluding carboxylic acids is 1. The number of methoxy groups -OCH3 is 1. The average Bonchev–Trinajstić information content (AvgIpc) is 2.72. The van der Waals surface area contributed by atoms with Gasteiger partial charge in [-0.15, -0.1) is 0 Å². The van der Waals surface area contributed by atoms with Crippen molar-refractivity contribution in [3.63, 3.8) is 0 Å². The molecular formula is C12H12N2O3. The van der Waals surface area contributed by atoms with Gasteiger partial charge in [-0.05, 0) is 19.1 Å². The van der Waals surface area contributed by atoms with Crippen LogP contribution >= 0.6 is 0 Å². The smallest absolute Gasteiger partial charge is 0.437 e. The van der Waals surface area contributed by atoms with Gasteiger partial charge < -0.3 is 9.47 Å². The van der Waals surface area contributed by atoms with Gasteiger partial charge in [-0.3, -0.25) is 0 Å². The van der Waals surface area contributed by atoms with Crippen molar-refractivity contribution in [2.45, 2.75) is 6.92 Å². The minimum Gasteiger partial charge on any atom is -0.437 e. The highest BCUT2D eigenvalue weighted by Crippen LogP contribution is 2.19. The van der Waals surface area contributed by atoms with Crippen LogP contribution < -0.4 is 4.74 Å². The zero-order chi connectivity index (χ0) is 12.3. The SMILES string of the molecule is COC(=O)Oc1cn(-c2ccccc2)nc1C. The molecule has 88 valence electrons. The molecule has 0 saturated carbocycles. The summed E-state index contributed by atoms with van der Waals surface area (Å²) >= 11 is 0. The molecule has 2 aromatic rings. The highest BCUT2D eigenvalue weighted by Gasteiger charge is 2.11. The van der Waals surface area contributed by atoms with Crippen molar-refractivity contribution in [3.05, 3.63) is 42.2 Å². The van der Waals surface area contributed by atoms with E-state index in [1.807, 2.05) is 30.3 Å². The first-order valence-electron chi connectivity index (χ1n) is 5.08. The van der Waals surface area contributed by atoms with Crippen LogP contribution in [0.25, 0.3) is 5.69 Å². The number of aryl methyl sites for hydroxylation is 1. The molecule has 0 unspecified atom stereocenters. The van der Waals surface area contributed by atoms with Gasteiger partial charge in [-0.25, -0.2) is 9.48 Å². The molecule has 0 spiro atoms. The largest absolute Gasteiger partial charge is 0.513 e. The number of nitrogens with zero attached hydrogens (tertiary/aromatic N) is 2. The normalized spacial score (nSPS) is 10.0. The lowest BCUT2D eigenvalue weighted by atomic mass is 10.3. The quantitative estimate of drug-likeness (QED) is 0.745. The topological polar surface area (TPSA) is 53.4 Å². The van der Waals surface area contributed by atoms with Crippen molar-refractivity contribution in [3.8, 4) is 11.4 Å². The van der Waals surface area contributed by atoms with E-state index in [1.54, 1.807) is 17.8 Å². The maximum Gasteiger partial charge on any atom is 0.513 e. The molecule has 1 heterocycles. The summed E-state index contributed by atoms with van der Waals surface area (Å²) in [6, 6.07) is 9.56. The van der Waals surface area contributed by atoms with Gasteiger partial charge in [-0.2, -0.15) is 5.10 Å². The zero-order valence-corrected chi connectivity index (χ0v) is 9.58. The van der Waals surface area contributed by atoms with E-state index in [2.05, 4.69) is 9.84 Å². The predicted molar refractivity (Wildman–Crippen MR) is 61.3 cm³/mol. The summed E-state index contributed by atoms with van der Waals surface area (Å²) in [4.78, 5) is 11.0. The predicted octanol–water partition coefficient (Wildman–Crippen LogP) is 2.33. The van der Waals surface area contributed by atoms with Crippen molar-refractivity contribution < 1.29 is 14.3 Å². The molecule has 0 aliphatic carbocycles. The van der Waals surface area contributed by atoms with Gasteiger partial charge in [0.2, 0.25) is 0 Å². The van der Waals surface area contributed by atoms with Gasteiger partial charge in [0.05, 0.1) is 19.0 Å². The van der Waals surface area contributed by atoms with Gasteiger partial charge in [0.1, 0.15) is 5.69 Å². The number of benzene rings is 1. The Morgan fingerprint density at radius 3 is 2.65 bits per heavy atom. The van der Waals surface area contributed by atoms with Gasteiger partial charge in [-0.1, -0.05) is 18.2 Å². The summed E-state index contributed by atoms with van der Waals surface area (Å²) in [7, 11) is 1.26. The molecule has 0 bridgehead atoms. The molecule has 0 aliphatic rings. The summed E-state index contributed by atoms with van der Waals surface area (Å²) in [5.74, 6) is 0.390. The monoisotopic (exact) mass is 232 g/mol. The third-order valence-electron chi connectivity index (χ3n) is 2.23. The Morgan fingerprint density at radius 2 is 2.00 bits per heavy atom. The lowest BCUT2D eigenvalue weighted by molar-refractivity contribution is 0.121. The minimum atomic E-state index is -0.749. The second-order valence-electron chi connectivity index (χ2n) is 3.42. The van der Waals surface area contributed by atoms with E-state index in [9.17, 15) is 4.79 Å².